The minimum Gasteiger partial charge on any atom is -0.399 e. The Labute approximate surface area is 200 Å². The minimum atomic E-state index is -0.483. The lowest BCUT2D eigenvalue weighted by atomic mass is 9.99. The highest BCUT2D eigenvalue weighted by Crippen LogP contribution is 2.38. The molecule has 34 heavy (non-hydrogen) atoms. The molecule has 0 unspecified atom stereocenters. The highest BCUT2D eigenvalue weighted by atomic mass is 16.7. The molecular formula is C26H31N5O3. The molecule has 3 heterocycles. The van der Waals surface area contributed by atoms with Crippen LogP contribution in [0.4, 0.5) is 11.6 Å². The second-order valence-corrected chi connectivity index (χ2v) is 8.86. The van der Waals surface area contributed by atoms with Gasteiger partial charge in [-0.2, -0.15) is 0 Å². The number of nitrogen functional groups attached to an aromatic ring is 1. The van der Waals surface area contributed by atoms with Gasteiger partial charge in [-0.05, 0) is 29.3 Å². The molecular weight excluding hydrogens is 430 g/mol. The van der Waals surface area contributed by atoms with Crippen molar-refractivity contribution >= 4 is 11.6 Å². The zero-order chi connectivity index (χ0) is 23.3. The molecule has 2 aliphatic rings. The first-order valence-electron chi connectivity index (χ1n) is 11.8. The first-order chi connectivity index (χ1) is 16.7. The largest absolute Gasteiger partial charge is 0.399 e. The van der Waals surface area contributed by atoms with Crippen LogP contribution in [-0.4, -0.2) is 58.8 Å². The third-order valence-electron chi connectivity index (χ3n) is 6.47. The van der Waals surface area contributed by atoms with E-state index in [2.05, 4.69) is 19.8 Å². The molecule has 3 atom stereocenters. The zero-order valence-electron chi connectivity index (χ0n) is 19.2. The van der Waals surface area contributed by atoms with Crippen molar-refractivity contribution in [3.63, 3.8) is 0 Å². The van der Waals surface area contributed by atoms with Crippen molar-refractivity contribution in [1.29, 1.82) is 0 Å². The van der Waals surface area contributed by atoms with Crippen molar-refractivity contribution in [3.05, 3.63) is 83.7 Å². The number of aliphatic hydroxyl groups is 1. The number of nitrogens with two attached hydrogens (primary N) is 1. The summed E-state index contributed by atoms with van der Waals surface area (Å²) in [5.41, 5.74) is 9.62. The molecule has 0 aliphatic carbocycles. The summed E-state index contributed by atoms with van der Waals surface area (Å²) in [7, 11) is 0. The van der Waals surface area contributed by atoms with E-state index in [1.165, 1.54) is 0 Å². The second kappa shape index (κ2) is 10.5. The number of nitrogens with zero attached hydrogens (tertiary/aromatic N) is 4. The van der Waals surface area contributed by atoms with E-state index in [1.807, 2.05) is 54.6 Å². The van der Waals surface area contributed by atoms with Crippen LogP contribution < -0.4 is 10.6 Å². The van der Waals surface area contributed by atoms with Gasteiger partial charge in [0.2, 0.25) is 5.95 Å². The number of hydrogen-bond donors (Lipinski definition) is 2. The summed E-state index contributed by atoms with van der Waals surface area (Å²) in [6.07, 6.45) is 3.77. The monoisotopic (exact) mass is 461 g/mol. The van der Waals surface area contributed by atoms with Gasteiger partial charge in [-0.1, -0.05) is 36.4 Å². The molecule has 2 saturated heterocycles. The minimum absolute atomic E-state index is 0.0159. The molecule has 0 spiro atoms. The molecule has 8 nitrogen and oxygen atoms in total. The number of ether oxygens (including phenoxy) is 2. The molecule has 0 bridgehead atoms. The van der Waals surface area contributed by atoms with Crippen LogP contribution in [0.25, 0.3) is 0 Å². The predicted molar refractivity (Wildman–Crippen MR) is 130 cm³/mol. The molecule has 0 amide bonds. The fourth-order valence-corrected chi connectivity index (χ4v) is 4.61. The van der Waals surface area contributed by atoms with E-state index in [-0.39, 0.29) is 18.8 Å². The summed E-state index contributed by atoms with van der Waals surface area (Å²) in [6.45, 7) is 4.49. The van der Waals surface area contributed by atoms with E-state index in [1.54, 1.807) is 12.4 Å². The van der Waals surface area contributed by atoms with Gasteiger partial charge in [-0.15, -0.1) is 0 Å². The van der Waals surface area contributed by atoms with Crippen molar-refractivity contribution in [2.75, 3.05) is 43.4 Å². The van der Waals surface area contributed by atoms with Crippen molar-refractivity contribution in [2.24, 2.45) is 0 Å². The van der Waals surface area contributed by atoms with Gasteiger partial charge in [0.05, 0.1) is 18.8 Å². The average molecular weight is 462 g/mol. The molecule has 0 saturated carbocycles. The number of piperazine rings is 1. The standard InChI is InChI=1S/C26H31N5O3/c27-22-4-1-3-21(15-22)25-33-23(16-24(34-25)20-7-5-19(18-32)6-8-20)17-30-11-13-31(14-12-30)26-28-9-2-10-29-26/h1-10,15,23-25,32H,11-14,16-18,27H2/t23-,24+,25+/m0/s1. The Kier molecular flexibility index (Phi) is 7.01. The maximum Gasteiger partial charge on any atom is 0.225 e. The molecule has 8 heteroatoms. The van der Waals surface area contributed by atoms with Crippen LogP contribution in [0.5, 0.6) is 0 Å². The maximum atomic E-state index is 9.39. The van der Waals surface area contributed by atoms with E-state index in [0.717, 1.165) is 61.8 Å². The molecule has 5 rings (SSSR count). The van der Waals surface area contributed by atoms with Crippen LogP contribution in [0.3, 0.4) is 0 Å². The van der Waals surface area contributed by atoms with Crippen molar-refractivity contribution in [1.82, 2.24) is 14.9 Å². The number of anilines is 2. The summed E-state index contributed by atoms with van der Waals surface area (Å²) < 4.78 is 12.8. The van der Waals surface area contributed by atoms with Crippen molar-refractivity contribution in [2.45, 2.75) is 31.5 Å². The van der Waals surface area contributed by atoms with Gasteiger partial charge in [-0.25, -0.2) is 9.97 Å². The van der Waals surface area contributed by atoms with Crippen LogP contribution >= 0.6 is 0 Å². The summed E-state index contributed by atoms with van der Waals surface area (Å²) in [4.78, 5) is 13.4. The van der Waals surface area contributed by atoms with E-state index >= 15 is 0 Å². The van der Waals surface area contributed by atoms with Gasteiger partial charge in [-0.3, -0.25) is 4.90 Å². The highest BCUT2D eigenvalue weighted by Gasteiger charge is 2.34. The second-order valence-electron chi connectivity index (χ2n) is 8.86. The van der Waals surface area contributed by atoms with Gasteiger partial charge < -0.3 is 25.2 Å². The van der Waals surface area contributed by atoms with Crippen LogP contribution in [0.15, 0.2) is 67.0 Å². The quantitative estimate of drug-likeness (QED) is 0.541. The Morgan fingerprint density at radius 3 is 2.38 bits per heavy atom. The van der Waals surface area contributed by atoms with Gasteiger partial charge in [0, 0.05) is 62.8 Å². The Balaban J connectivity index is 1.28. The smallest absolute Gasteiger partial charge is 0.225 e. The van der Waals surface area contributed by atoms with Gasteiger partial charge >= 0.3 is 0 Å². The van der Waals surface area contributed by atoms with Gasteiger partial charge in [0.1, 0.15) is 0 Å². The topological polar surface area (TPSA) is 97.0 Å². The van der Waals surface area contributed by atoms with E-state index in [4.69, 9.17) is 15.2 Å². The summed E-state index contributed by atoms with van der Waals surface area (Å²) in [5, 5.41) is 9.39. The molecule has 3 aromatic rings. The molecule has 178 valence electrons. The van der Waals surface area contributed by atoms with Crippen LogP contribution in [0.2, 0.25) is 0 Å². The number of aromatic nitrogens is 2. The highest BCUT2D eigenvalue weighted by molar-refractivity contribution is 5.41. The normalized spacial score (nSPS) is 23.7. The van der Waals surface area contributed by atoms with Crippen LogP contribution in [-0.2, 0) is 16.1 Å². The Hall–Kier alpha value is -3.04. The van der Waals surface area contributed by atoms with E-state index in [9.17, 15) is 5.11 Å². The lowest BCUT2D eigenvalue weighted by molar-refractivity contribution is -0.253. The third-order valence-corrected chi connectivity index (χ3v) is 6.47. The molecule has 1 aromatic heterocycles. The molecule has 2 fully saturated rings. The third kappa shape index (κ3) is 5.37. The maximum absolute atomic E-state index is 9.39. The van der Waals surface area contributed by atoms with E-state index in [0.29, 0.717) is 5.69 Å². The van der Waals surface area contributed by atoms with E-state index < -0.39 is 6.29 Å². The fraction of sp³-hybridized carbons (Fsp3) is 0.385. The molecule has 3 N–H and O–H groups in total. The lowest BCUT2D eigenvalue weighted by Gasteiger charge is -2.40. The first-order valence-corrected chi connectivity index (χ1v) is 11.8. The van der Waals surface area contributed by atoms with Crippen LogP contribution in [0.1, 0.15) is 35.5 Å². The number of aliphatic hydroxyl groups excluding tert-OH is 1. The first kappa shape index (κ1) is 22.7. The molecule has 2 aromatic carbocycles. The number of hydrogen-bond acceptors (Lipinski definition) is 8. The fourth-order valence-electron chi connectivity index (χ4n) is 4.61. The van der Waals surface area contributed by atoms with Crippen molar-refractivity contribution < 1.29 is 14.6 Å². The average Bonchev–Trinajstić information content (AvgIpc) is 2.89. The SMILES string of the molecule is Nc1cccc([C@@H]2O[C@H](CN3CCN(c4ncccn4)CC3)C[C@H](c3ccc(CO)cc3)O2)c1. The Bertz CT molecular complexity index is 1060. The predicted octanol–water partition coefficient (Wildman–Crippen LogP) is 2.92. The van der Waals surface area contributed by atoms with Gasteiger partial charge in [0.25, 0.3) is 0 Å². The zero-order valence-corrected chi connectivity index (χ0v) is 19.2. The van der Waals surface area contributed by atoms with Crippen LogP contribution in [0, 0.1) is 0 Å². The number of benzene rings is 2. The number of rotatable bonds is 6. The molecule has 0 radical (unpaired) electrons. The Morgan fingerprint density at radius 1 is 0.912 bits per heavy atom. The summed E-state index contributed by atoms with van der Waals surface area (Å²) in [5.74, 6) is 0.789. The summed E-state index contributed by atoms with van der Waals surface area (Å²) >= 11 is 0. The van der Waals surface area contributed by atoms with Crippen molar-refractivity contribution in [3.8, 4) is 0 Å². The Morgan fingerprint density at radius 2 is 1.68 bits per heavy atom. The lowest BCUT2D eigenvalue weighted by Crippen LogP contribution is -2.50. The molecule has 2 aliphatic heterocycles. The summed E-state index contributed by atoms with van der Waals surface area (Å²) in [6, 6.07) is 17.5. The van der Waals surface area contributed by atoms with Gasteiger partial charge in [0.15, 0.2) is 6.29 Å².